The van der Waals surface area contributed by atoms with Crippen molar-refractivity contribution in [1.82, 2.24) is 4.90 Å². The molecule has 2 aliphatic rings. The number of rotatable bonds is 6. The second kappa shape index (κ2) is 7.96. The molecule has 2 heterocycles. The quantitative estimate of drug-likeness (QED) is 0.796. The van der Waals surface area contributed by atoms with E-state index < -0.39 is 0 Å². The Bertz CT molecular complexity index is 547. The van der Waals surface area contributed by atoms with Gasteiger partial charge < -0.3 is 23.8 Å². The molecular formula is C18H25NO5. The largest absolute Gasteiger partial charge is 0.497 e. The minimum Gasteiger partial charge on any atom is -0.497 e. The molecule has 1 unspecified atom stereocenters. The van der Waals surface area contributed by atoms with Crippen molar-refractivity contribution in [2.45, 2.75) is 25.2 Å². The molecule has 2 aliphatic heterocycles. The molecular weight excluding hydrogens is 310 g/mol. The Morgan fingerprint density at radius 2 is 2.04 bits per heavy atom. The molecule has 1 aromatic carbocycles. The van der Waals surface area contributed by atoms with Crippen LogP contribution in [0.15, 0.2) is 24.3 Å². The summed E-state index contributed by atoms with van der Waals surface area (Å²) in [6.45, 7) is 2.56. The number of hydrogen-bond acceptors (Lipinski definition) is 5. The summed E-state index contributed by atoms with van der Waals surface area (Å²) in [5.41, 5.74) is 0.975. The fourth-order valence-corrected chi connectivity index (χ4v) is 3.08. The Kier molecular flexibility index (Phi) is 5.71. The number of likely N-dealkylation sites (tertiary alicyclic amines) is 1. The summed E-state index contributed by atoms with van der Waals surface area (Å²) in [5.74, 6) is 1.30. The molecule has 132 valence electrons. The lowest BCUT2D eigenvalue weighted by Crippen LogP contribution is -2.31. The molecule has 0 radical (unpaired) electrons. The van der Waals surface area contributed by atoms with Crippen LogP contribution >= 0.6 is 0 Å². The smallest absolute Gasteiger partial charge is 0.222 e. The molecule has 3 rings (SSSR count). The van der Waals surface area contributed by atoms with Crippen molar-refractivity contribution in [3.8, 4) is 5.75 Å². The molecule has 24 heavy (non-hydrogen) atoms. The van der Waals surface area contributed by atoms with Gasteiger partial charge in [0.05, 0.1) is 33.0 Å². The summed E-state index contributed by atoms with van der Waals surface area (Å²) in [6, 6.07) is 7.70. The van der Waals surface area contributed by atoms with E-state index in [9.17, 15) is 4.79 Å². The van der Waals surface area contributed by atoms with Crippen LogP contribution in [0.1, 0.15) is 24.7 Å². The number of carbonyl (C=O) groups excluding carboxylic acids is 1. The van der Waals surface area contributed by atoms with Crippen molar-refractivity contribution in [3.63, 3.8) is 0 Å². The minimum atomic E-state index is -0.363. The van der Waals surface area contributed by atoms with Gasteiger partial charge in [0.25, 0.3) is 0 Å². The average molecular weight is 335 g/mol. The Labute approximate surface area is 142 Å². The Hall–Kier alpha value is -1.63. The first-order valence-electron chi connectivity index (χ1n) is 8.38. The van der Waals surface area contributed by atoms with Crippen molar-refractivity contribution in [1.29, 1.82) is 0 Å². The molecule has 0 aromatic heterocycles. The fourth-order valence-electron chi connectivity index (χ4n) is 3.08. The summed E-state index contributed by atoms with van der Waals surface area (Å²) in [4.78, 5) is 13.3. The Morgan fingerprint density at radius 1 is 1.25 bits per heavy atom. The highest BCUT2D eigenvalue weighted by atomic mass is 16.7. The number of ether oxygens (including phenoxy) is 4. The van der Waals surface area contributed by atoms with Gasteiger partial charge in [-0.3, -0.25) is 4.79 Å². The van der Waals surface area contributed by atoms with Crippen LogP contribution in [0, 0.1) is 5.92 Å². The number of nitrogens with zero attached hydrogens (tertiary/aromatic N) is 1. The third-order valence-electron chi connectivity index (χ3n) is 4.49. The topological polar surface area (TPSA) is 57.2 Å². The van der Waals surface area contributed by atoms with Gasteiger partial charge in [-0.15, -0.1) is 0 Å². The molecule has 0 N–H and O–H groups in total. The van der Waals surface area contributed by atoms with E-state index in [0.29, 0.717) is 32.2 Å². The molecule has 1 aromatic rings. The standard InChI is InChI=1S/C18H25NO5/c1-19-10-13(9-17(19)20)11-22-12-16-7-8-23-18(24-16)14-3-5-15(21-2)6-4-14/h3-6,13,16,18H,7-12H2,1-2H3/t13?,16-,18-/m1/s1. The van der Waals surface area contributed by atoms with E-state index in [0.717, 1.165) is 24.3 Å². The lowest BCUT2D eigenvalue weighted by molar-refractivity contribution is -0.228. The van der Waals surface area contributed by atoms with E-state index in [-0.39, 0.29) is 18.3 Å². The minimum absolute atomic E-state index is 0.0145. The first kappa shape index (κ1) is 17.2. The van der Waals surface area contributed by atoms with Gasteiger partial charge in [0.2, 0.25) is 5.91 Å². The second-order valence-corrected chi connectivity index (χ2v) is 6.40. The number of benzene rings is 1. The van der Waals surface area contributed by atoms with E-state index >= 15 is 0 Å². The van der Waals surface area contributed by atoms with Gasteiger partial charge in [0.1, 0.15) is 5.75 Å². The highest BCUT2D eigenvalue weighted by molar-refractivity contribution is 5.78. The predicted octanol–water partition coefficient (Wildman–Crippen LogP) is 1.99. The van der Waals surface area contributed by atoms with Gasteiger partial charge in [-0.25, -0.2) is 0 Å². The number of methoxy groups -OCH3 is 1. The van der Waals surface area contributed by atoms with E-state index in [1.54, 1.807) is 12.0 Å². The number of amides is 1. The summed E-state index contributed by atoms with van der Waals surface area (Å²) >= 11 is 0. The van der Waals surface area contributed by atoms with Crippen molar-refractivity contribution in [3.05, 3.63) is 29.8 Å². The molecule has 2 saturated heterocycles. The molecule has 0 aliphatic carbocycles. The SMILES string of the molecule is COc1ccc([C@@H]2OCC[C@H](COCC3CC(=O)N(C)C3)O2)cc1. The molecule has 2 fully saturated rings. The van der Waals surface area contributed by atoms with Gasteiger partial charge in [0.15, 0.2) is 6.29 Å². The number of hydrogen-bond donors (Lipinski definition) is 0. The normalized spacial score (nSPS) is 27.5. The van der Waals surface area contributed by atoms with Crippen molar-refractivity contribution in [2.24, 2.45) is 5.92 Å². The highest BCUT2D eigenvalue weighted by Crippen LogP contribution is 2.28. The van der Waals surface area contributed by atoms with Crippen LogP contribution < -0.4 is 4.74 Å². The summed E-state index contributed by atoms with van der Waals surface area (Å²) in [7, 11) is 3.48. The molecule has 6 nitrogen and oxygen atoms in total. The third kappa shape index (κ3) is 4.26. The van der Waals surface area contributed by atoms with Gasteiger partial charge in [0, 0.05) is 31.5 Å². The van der Waals surface area contributed by atoms with Crippen LogP contribution in [-0.4, -0.2) is 57.4 Å². The molecule has 6 heteroatoms. The van der Waals surface area contributed by atoms with Gasteiger partial charge >= 0.3 is 0 Å². The fraction of sp³-hybridized carbons (Fsp3) is 0.611. The maximum absolute atomic E-state index is 11.5. The van der Waals surface area contributed by atoms with Crippen molar-refractivity contribution in [2.75, 3.05) is 40.5 Å². The lowest BCUT2D eigenvalue weighted by Gasteiger charge is -2.30. The maximum Gasteiger partial charge on any atom is 0.222 e. The molecule has 3 atom stereocenters. The van der Waals surface area contributed by atoms with E-state index in [4.69, 9.17) is 18.9 Å². The zero-order chi connectivity index (χ0) is 16.9. The Morgan fingerprint density at radius 3 is 2.71 bits per heavy atom. The average Bonchev–Trinajstić information content (AvgIpc) is 2.93. The Balaban J connectivity index is 1.44. The zero-order valence-corrected chi connectivity index (χ0v) is 14.3. The monoisotopic (exact) mass is 335 g/mol. The first-order chi connectivity index (χ1) is 11.7. The number of carbonyl (C=O) groups is 1. The first-order valence-corrected chi connectivity index (χ1v) is 8.38. The van der Waals surface area contributed by atoms with Crippen LogP contribution in [0.4, 0.5) is 0 Å². The van der Waals surface area contributed by atoms with E-state index in [1.807, 2.05) is 31.3 Å². The van der Waals surface area contributed by atoms with Crippen molar-refractivity contribution >= 4 is 5.91 Å². The van der Waals surface area contributed by atoms with Gasteiger partial charge in [-0.05, 0) is 18.6 Å². The summed E-state index contributed by atoms with van der Waals surface area (Å²) in [5, 5.41) is 0. The summed E-state index contributed by atoms with van der Waals surface area (Å²) < 4.78 is 22.7. The third-order valence-corrected chi connectivity index (χ3v) is 4.49. The molecule has 0 bridgehead atoms. The second-order valence-electron chi connectivity index (χ2n) is 6.40. The van der Waals surface area contributed by atoms with E-state index in [2.05, 4.69) is 0 Å². The van der Waals surface area contributed by atoms with Crippen LogP contribution in [-0.2, 0) is 19.0 Å². The highest BCUT2D eigenvalue weighted by Gasteiger charge is 2.28. The maximum atomic E-state index is 11.5. The predicted molar refractivity (Wildman–Crippen MR) is 87.7 cm³/mol. The van der Waals surface area contributed by atoms with Crippen molar-refractivity contribution < 1.29 is 23.7 Å². The van der Waals surface area contributed by atoms with Crippen LogP contribution in [0.3, 0.4) is 0 Å². The van der Waals surface area contributed by atoms with Crippen LogP contribution in [0.5, 0.6) is 5.75 Å². The van der Waals surface area contributed by atoms with Crippen LogP contribution in [0.2, 0.25) is 0 Å². The molecule has 0 spiro atoms. The molecule has 1 amide bonds. The van der Waals surface area contributed by atoms with Gasteiger partial charge in [-0.2, -0.15) is 0 Å². The zero-order valence-electron chi connectivity index (χ0n) is 14.3. The summed E-state index contributed by atoms with van der Waals surface area (Å²) in [6.07, 6.45) is 1.05. The lowest BCUT2D eigenvalue weighted by atomic mass is 10.1. The van der Waals surface area contributed by atoms with Crippen LogP contribution in [0.25, 0.3) is 0 Å². The molecule has 0 saturated carbocycles. The van der Waals surface area contributed by atoms with E-state index in [1.165, 1.54) is 0 Å². The van der Waals surface area contributed by atoms with Gasteiger partial charge in [-0.1, -0.05) is 12.1 Å².